The molecule has 2 heterocycles. The lowest BCUT2D eigenvalue weighted by Gasteiger charge is -2.13. The third-order valence-corrected chi connectivity index (χ3v) is 6.92. The summed E-state index contributed by atoms with van der Waals surface area (Å²) in [6, 6.07) is 8.23. The molecule has 0 atom stereocenters. The Balaban J connectivity index is 2.00. The number of rotatable bonds is 2. The van der Waals surface area contributed by atoms with Gasteiger partial charge in [-0.2, -0.15) is 0 Å². The van der Waals surface area contributed by atoms with Crippen molar-refractivity contribution in [3.8, 4) is 0 Å². The highest BCUT2D eigenvalue weighted by Crippen LogP contribution is 2.49. The van der Waals surface area contributed by atoms with E-state index in [0.717, 1.165) is 20.0 Å². The zero-order valence-electron chi connectivity index (χ0n) is 11.8. The highest BCUT2D eigenvalue weighted by Gasteiger charge is 2.42. The largest absolute Gasteiger partial charge is 0.430 e. The molecule has 1 amide bonds. The van der Waals surface area contributed by atoms with Crippen molar-refractivity contribution in [2.45, 2.75) is 4.90 Å². The molecule has 0 unspecified atom stereocenters. The van der Waals surface area contributed by atoms with Gasteiger partial charge in [-0.1, -0.05) is 42.2 Å². The molecule has 21 heavy (non-hydrogen) atoms. The van der Waals surface area contributed by atoms with Gasteiger partial charge < -0.3 is 4.90 Å². The lowest BCUT2D eigenvalue weighted by atomic mass is 10.3. The van der Waals surface area contributed by atoms with Gasteiger partial charge in [-0.3, -0.25) is 0 Å². The Hall–Kier alpha value is -1.11. The first kappa shape index (κ1) is 14.8. The quantitative estimate of drug-likeness (QED) is 0.467. The minimum absolute atomic E-state index is 0.0754. The van der Waals surface area contributed by atoms with Crippen LogP contribution in [-0.2, 0) is 4.79 Å². The number of carbonyl (C=O) groups excluding carboxylic acids is 1. The maximum absolute atomic E-state index is 12.7. The summed E-state index contributed by atoms with van der Waals surface area (Å²) in [6.07, 6.45) is 3.77. The van der Waals surface area contributed by atoms with Crippen LogP contribution in [-0.4, -0.2) is 34.7 Å². The second-order valence-corrected chi connectivity index (χ2v) is 7.62. The Bertz CT molecular complexity index is 694. The highest BCUT2D eigenvalue weighted by molar-refractivity contribution is 8.40. The molecule has 0 spiro atoms. The molecule has 1 aromatic rings. The zero-order valence-corrected chi connectivity index (χ0v) is 14.3. The van der Waals surface area contributed by atoms with Crippen LogP contribution >= 0.6 is 35.3 Å². The molecule has 108 valence electrons. The summed E-state index contributed by atoms with van der Waals surface area (Å²) in [5, 5.41) is 1.02. The van der Waals surface area contributed by atoms with E-state index in [-0.39, 0.29) is 5.91 Å². The molecule has 0 saturated heterocycles. The smallest absolute Gasteiger partial charge is 0.337 e. The Labute approximate surface area is 137 Å². The van der Waals surface area contributed by atoms with E-state index in [1.807, 2.05) is 25.4 Å². The van der Waals surface area contributed by atoms with Gasteiger partial charge in [0.1, 0.15) is 5.03 Å². The molecule has 0 aromatic heterocycles. The number of carbonyl (C=O) groups is 1. The predicted molar refractivity (Wildman–Crippen MR) is 94.2 cm³/mol. The Kier molecular flexibility index (Phi) is 4.19. The highest BCUT2D eigenvalue weighted by atomic mass is 32.2. The molecule has 0 fully saturated rings. The first-order valence-electron chi connectivity index (χ1n) is 6.43. The van der Waals surface area contributed by atoms with Gasteiger partial charge in [0, 0.05) is 23.7 Å². The van der Waals surface area contributed by atoms with E-state index in [1.54, 1.807) is 45.9 Å². The molecule has 3 rings (SSSR count). The molecule has 2 aliphatic rings. The van der Waals surface area contributed by atoms with Crippen molar-refractivity contribution in [3.63, 3.8) is 0 Å². The van der Waals surface area contributed by atoms with Crippen molar-refractivity contribution in [3.05, 3.63) is 46.9 Å². The lowest BCUT2D eigenvalue weighted by molar-refractivity contribution is -0.426. The summed E-state index contributed by atoms with van der Waals surface area (Å²) in [7, 11) is 2.02. The second-order valence-electron chi connectivity index (χ2n) is 4.54. The summed E-state index contributed by atoms with van der Waals surface area (Å²) in [5.74, 6) is 0.0754. The zero-order chi connectivity index (χ0) is 15.0. The van der Waals surface area contributed by atoms with E-state index >= 15 is 0 Å². The lowest BCUT2D eigenvalue weighted by Crippen LogP contribution is -2.21. The van der Waals surface area contributed by atoms with E-state index < -0.39 is 0 Å². The second kappa shape index (κ2) is 5.94. The molecular weight excluding hydrogens is 320 g/mol. The standard InChI is InChI=1S/C15H15N2OS3/c1-4-9-17-13(18)12(21-15(17)19-3)14-16(2)10-7-5-6-8-11(10)20-14/h4-8H,1,9H2,2-3H3/q+1/b14-12+. The van der Waals surface area contributed by atoms with Gasteiger partial charge in [0.15, 0.2) is 11.4 Å². The van der Waals surface area contributed by atoms with Crippen LogP contribution in [0.2, 0.25) is 0 Å². The third-order valence-electron chi connectivity index (χ3n) is 3.27. The van der Waals surface area contributed by atoms with Crippen molar-refractivity contribution < 1.29 is 9.37 Å². The SMILES string of the molecule is C=CC[N+]1=C(SC)S/C(=C2/Sc3ccccc3N2C)C1=O. The van der Waals surface area contributed by atoms with Crippen LogP contribution in [0.3, 0.4) is 0 Å². The van der Waals surface area contributed by atoms with Gasteiger partial charge in [-0.05, 0) is 24.5 Å². The van der Waals surface area contributed by atoms with Crippen LogP contribution in [0.1, 0.15) is 0 Å². The summed E-state index contributed by atoms with van der Waals surface area (Å²) >= 11 is 4.84. The van der Waals surface area contributed by atoms with Crippen LogP contribution in [0.15, 0.2) is 51.8 Å². The number of hydrogen-bond acceptors (Lipinski definition) is 5. The molecule has 0 bridgehead atoms. The maximum Gasteiger partial charge on any atom is 0.430 e. The van der Waals surface area contributed by atoms with Crippen LogP contribution in [0, 0.1) is 0 Å². The number of benzene rings is 1. The number of fused-ring (bicyclic) bond motifs is 1. The Morgan fingerprint density at radius 1 is 1.38 bits per heavy atom. The third kappa shape index (κ3) is 2.45. The Morgan fingerprint density at radius 2 is 2.14 bits per heavy atom. The van der Waals surface area contributed by atoms with E-state index in [0.29, 0.717) is 6.54 Å². The summed E-state index contributed by atoms with van der Waals surface area (Å²) < 4.78 is 2.81. The minimum Gasteiger partial charge on any atom is -0.337 e. The fourth-order valence-electron chi connectivity index (χ4n) is 2.27. The van der Waals surface area contributed by atoms with E-state index in [2.05, 4.69) is 23.6 Å². The molecule has 0 saturated carbocycles. The normalized spacial score (nSPS) is 21.2. The number of amides is 1. The number of para-hydroxylation sites is 1. The van der Waals surface area contributed by atoms with E-state index in [4.69, 9.17) is 0 Å². The van der Waals surface area contributed by atoms with Crippen molar-refractivity contribution >= 4 is 51.3 Å². The van der Waals surface area contributed by atoms with E-state index in [9.17, 15) is 4.79 Å². The molecule has 0 aliphatic carbocycles. The molecule has 3 nitrogen and oxygen atoms in total. The summed E-state index contributed by atoms with van der Waals surface area (Å²) in [6.45, 7) is 4.30. The fourth-order valence-corrected chi connectivity index (χ4v) is 5.42. The average Bonchev–Trinajstić information content (AvgIpc) is 2.99. The van der Waals surface area contributed by atoms with Gasteiger partial charge in [0.2, 0.25) is 0 Å². The predicted octanol–water partition coefficient (Wildman–Crippen LogP) is 3.59. The minimum atomic E-state index is 0.0754. The molecule has 2 aliphatic heterocycles. The van der Waals surface area contributed by atoms with Crippen LogP contribution in [0.25, 0.3) is 0 Å². The van der Waals surface area contributed by atoms with Gasteiger partial charge in [0.25, 0.3) is 4.38 Å². The van der Waals surface area contributed by atoms with Gasteiger partial charge >= 0.3 is 5.91 Å². The molecule has 0 radical (unpaired) electrons. The molecular formula is C15H15N2OS3+. The van der Waals surface area contributed by atoms with Crippen molar-refractivity contribution in [1.29, 1.82) is 0 Å². The van der Waals surface area contributed by atoms with Crippen LogP contribution in [0.4, 0.5) is 5.69 Å². The maximum atomic E-state index is 12.7. The summed E-state index contributed by atoms with van der Waals surface area (Å²) in [4.78, 5) is 16.8. The van der Waals surface area contributed by atoms with Gasteiger partial charge in [-0.15, -0.1) is 4.58 Å². The van der Waals surface area contributed by atoms with Gasteiger partial charge in [0.05, 0.1) is 5.69 Å². The van der Waals surface area contributed by atoms with Crippen LogP contribution in [0.5, 0.6) is 0 Å². The average molecular weight is 335 g/mol. The Morgan fingerprint density at radius 3 is 2.81 bits per heavy atom. The first-order valence-corrected chi connectivity index (χ1v) is 9.29. The number of nitrogens with zero attached hydrogens (tertiary/aromatic N) is 2. The molecule has 6 heteroatoms. The van der Waals surface area contributed by atoms with Crippen molar-refractivity contribution in [2.24, 2.45) is 0 Å². The van der Waals surface area contributed by atoms with Crippen LogP contribution < -0.4 is 4.90 Å². The van der Waals surface area contributed by atoms with E-state index in [1.165, 1.54) is 4.90 Å². The first-order chi connectivity index (χ1) is 10.2. The number of hydrogen-bond donors (Lipinski definition) is 0. The molecule has 0 N–H and O–H groups in total. The van der Waals surface area contributed by atoms with Crippen molar-refractivity contribution in [1.82, 2.24) is 0 Å². The van der Waals surface area contributed by atoms with Crippen molar-refractivity contribution in [2.75, 3.05) is 24.7 Å². The summed E-state index contributed by atoms with van der Waals surface area (Å²) in [5.41, 5.74) is 1.16. The number of thioether (sulfide) groups is 3. The molecule has 1 aromatic carbocycles. The topological polar surface area (TPSA) is 23.3 Å². The number of anilines is 1. The fraction of sp³-hybridized carbons (Fsp3) is 0.200. The monoisotopic (exact) mass is 335 g/mol. The van der Waals surface area contributed by atoms with Gasteiger partial charge in [-0.25, -0.2) is 4.79 Å².